The third kappa shape index (κ3) is 3.53. The van der Waals surface area contributed by atoms with Crippen LogP contribution in [0.2, 0.25) is 5.02 Å². The van der Waals surface area contributed by atoms with Crippen molar-refractivity contribution in [2.45, 2.75) is 18.4 Å². The van der Waals surface area contributed by atoms with Gasteiger partial charge in [0.25, 0.3) is 0 Å². The summed E-state index contributed by atoms with van der Waals surface area (Å²) >= 11 is 6.04. The number of anilines is 1. The van der Waals surface area contributed by atoms with Gasteiger partial charge in [-0.2, -0.15) is 0 Å². The Balaban J connectivity index is 2.18. The molecule has 3 N–H and O–H groups in total. The average Bonchev–Trinajstić information content (AvgIpc) is 2.49. The Hall–Kier alpha value is -1.63. The van der Waals surface area contributed by atoms with Gasteiger partial charge in [0, 0.05) is 13.2 Å². The summed E-state index contributed by atoms with van der Waals surface area (Å²) in [5.41, 5.74) is 5.75. The largest absolute Gasteiger partial charge is 0.465 e. The predicted octanol–water partition coefficient (Wildman–Crippen LogP) is 1.57. The van der Waals surface area contributed by atoms with E-state index in [1.165, 1.54) is 25.3 Å². The molecule has 1 fully saturated rings. The van der Waals surface area contributed by atoms with Gasteiger partial charge >= 0.3 is 5.97 Å². The second-order valence-corrected chi connectivity index (χ2v) is 5.32. The van der Waals surface area contributed by atoms with Crippen molar-refractivity contribution < 1.29 is 19.1 Å². The summed E-state index contributed by atoms with van der Waals surface area (Å²) in [6.45, 7) is 0.889. The number of hydrogen-bond acceptors (Lipinski definition) is 5. The summed E-state index contributed by atoms with van der Waals surface area (Å²) in [5, 5.41) is 3.01. The van der Waals surface area contributed by atoms with E-state index < -0.39 is 11.5 Å². The van der Waals surface area contributed by atoms with Crippen molar-refractivity contribution in [2.24, 2.45) is 5.73 Å². The van der Waals surface area contributed by atoms with Gasteiger partial charge in [0.05, 0.1) is 23.4 Å². The van der Waals surface area contributed by atoms with Crippen molar-refractivity contribution in [1.29, 1.82) is 0 Å². The minimum absolute atomic E-state index is 0.301. The van der Waals surface area contributed by atoms with Gasteiger partial charge in [-0.3, -0.25) is 4.79 Å². The number of benzene rings is 1. The molecule has 0 saturated carbocycles. The lowest BCUT2D eigenvalue weighted by Gasteiger charge is -2.31. The van der Waals surface area contributed by atoms with Crippen LogP contribution in [0.1, 0.15) is 23.2 Å². The highest BCUT2D eigenvalue weighted by molar-refractivity contribution is 6.34. The number of esters is 1. The molecule has 1 aromatic carbocycles. The standard InChI is InChI=1S/C14H17ClN2O4/c1-20-12(18)9-2-3-10(15)11(8-9)17-13(19)14(16)4-6-21-7-5-14/h2-3,8H,4-7,16H2,1H3,(H,17,19). The third-order valence-electron chi connectivity index (χ3n) is 3.47. The number of hydrogen-bond donors (Lipinski definition) is 2. The maximum atomic E-state index is 12.3. The molecular formula is C14H17ClN2O4. The van der Waals surface area contributed by atoms with E-state index in [0.717, 1.165) is 0 Å². The van der Waals surface area contributed by atoms with Crippen molar-refractivity contribution in [3.63, 3.8) is 0 Å². The number of carbonyl (C=O) groups is 2. The Morgan fingerprint density at radius 2 is 2.05 bits per heavy atom. The van der Waals surface area contributed by atoms with Gasteiger partial charge in [-0.05, 0) is 31.0 Å². The molecule has 0 unspecified atom stereocenters. The number of nitrogens with two attached hydrogens (primary N) is 1. The molecule has 0 aliphatic carbocycles. The SMILES string of the molecule is COC(=O)c1ccc(Cl)c(NC(=O)C2(N)CCOCC2)c1. The number of nitrogens with one attached hydrogen (secondary N) is 1. The fourth-order valence-electron chi connectivity index (χ4n) is 2.08. The molecule has 6 nitrogen and oxygen atoms in total. The van der Waals surface area contributed by atoms with Crippen LogP contribution in [0.15, 0.2) is 18.2 Å². The predicted molar refractivity (Wildman–Crippen MR) is 78.4 cm³/mol. The van der Waals surface area contributed by atoms with Crippen molar-refractivity contribution in [3.05, 3.63) is 28.8 Å². The van der Waals surface area contributed by atoms with Gasteiger partial charge in [0.1, 0.15) is 5.54 Å². The fourth-order valence-corrected chi connectivity index (χ4v) is 2.24. The van der Waals surface area contributed by atoms with Crippen LogP contribution in [0.25, 0.3) is 0 Å². The first-order valence-corrected chi connectivity index (χ1v) is 6.90. The lowest BCUT2D eigenvalue weighted by molar-refractivity contribution is -0.124. The van der Waals surface area contributed by atoms with E-state index in [2.05, 4.69) is 10.1 Å². The minimum Gasteiger partial charge on any atom is -0.465 e. The summed E-state index contributed by atoms with van der Waals surface area (Å²) < 4.78 is 9.84. The van der Waals surface area contributed by atoms with Gasteiger partial charge in [-0.1, -0.05) is 11.6 Å². The zero-order valence-electron chi connectivity index (χ0n) is 11.6. The number of methoxy groups -OCH3 is 1. The van der Waals surface area contributed by atoms with Crippen molar-refractivity contribution in [2.75, 3.05) is 25.6 Å². The first-order chi connectivity index (χ1) is 9.96. The van der Waals surface area contributed by atoms with Gasteiger partial charge in [-0.15, -0.1) is 0 Å². The normalized spacial score (nSPS) is 17.1. The van der Waals surface area contributed by atoms with Gasteiger partial charge in [-0.25, -0.2) is 4.79 Å². The fraction of sp³-hybridized carbons (Fsp3) is 0.429. The topological polar surface area (TPSA) is 90.7 Å². The highest BCUT2D eigenvalue weighted by atomic mass is 35.5. The molecule has 1 saturated heterocycles. The quantitative estimate of drug-likeness (QED) is 0.827. The van der Waals surface area contributed by atoms with Crippen LogP contribution in [0.5, 0.6) is 0 Å². The van der Waals surface area contributed by atoms with Crippen LogP contribution in [0, 0.1) is 0 Å². The Bertz CT molecular complexity index is 556. The minimum atomic E-state index is -0.983. The van der Waals surface area contributed by atoms with Crippen LogP contribution < -0.4 is 11.1 Å². The zero-order valence-corrected chi connectivity index (χ0v) is 12.4. The van der Waals surface area contributed by atoms with Crippen molar-refractivity contribution in [1.82, 2.24) is 0 Å². The molecule has 7 heteroatoms. The van der Waals surface area contributed by atoms with Gasteiger partial charge in [0.2, 0.25) is 5.91 Å². The van der Waals surface area contributed by atoms with E-state index in [0.29, 0.717) is 42.3 Å². The van der Waals surface area contributed by atoms with Crippen molar-refractivity contribution >= 4 is 29.2 Å². The molecule has 0 radical (unpaired) electrons. The van der Waals surface area contributed by atoms with Crippen LogP contribution in [-0.2, 0) is 14.3 Å². The molecule has 1 aliphatic heterocycles. The first-order valence-electron chi connectivity index (χ1n) is 6.52. The molecule has 0 spiro atoms. The van der Waals surface area contributed by atoms with E-state index in [4.69, 9.17) is 22.1 Å². The summed E-state index contributed by atoms with van der Waals surface area (Å²) in [5.74, 6) is -0.842. The van der Waals surface area contributed by atoms with Crippen LogP contribution >= 0.6 is 11.6 Å². The zero-order chi connectivity index (χ0) is 15.5. The molecule has 1 heterocycles. The van der Waals surface area contributed by atoms with Gasteiger partial charge in [0.15, 0.2) is 0 Å². The van der Waals surface area contributed by atoms with E-state index in [-0.39, 0.29) is 5.91 Å². The number of carbonyl (C=O) groups excluding carboxylic acids is 2. The molecule has 0 aromatic heterocycles. The van der Waals surface area contributed by atoms with E-state index >= 15 is 0 Å². The highest BCUT2D eigenvalue weighted by Crippen LogP contribution is 2.26. The summed E-state index contributed by atoms with van der Waals surface area (Å²) in [4.78, 5) is 23.8. The summed E-state index contributed by atoms with van der Waals surface area (Å²) in [7, 11) is 1.28. The molecule has 114 valence electrons. The van der Waals surface area contributed by atoms with E-state index in [1.807, 2.05) is 0 Å². The number of halogens is 1. The van der Waals surface area contributed by atoms with E-state index in [1.54, 1.807) is 0 Å². The summed E-state index contributed by atoms with van der Waals surface area (Å²) in [6, 6.07) is 4.52. The van der Waals surface area contributed by atoms with Crippen LogP contribution in [0.3, 0.4) is 0 Å². The molecule has 1 aliphatic rings. The highest BCUT2D eigenvalue weighted by Gasteiger charge is 2.36. The number of ether oxygens (including phenoxy) is 2. The van der Waals surface area contributed by atoms with Crippen LogP contribution in [0.4, 0.5) is 5.69 Å². The molecule has 1 aromatic rings. The van der Waals surface area contributed by atoms with E-state index in [9.17, 15) is 9.59 Å². The Kier molecular flexibility index (Phi) is 4.82. The third-order valence-corrected chi connectivity index (χ3v) is 3.80. The second-order valence-electron chi connectivity index (χ2n) is 4.91. The average molecular weight is 313 g/mol. The smallest absolute Gasteiger partial charge is 0.337 e. The maximum Gasteiger partial charge on any atom is 0.337 e. The lowest BCUT2D eigenvalue weighted by Crippen LogP contribution is -2.54. The first kappa shape index (κ1) is 15.8. The monoisotopic (exact) mass is 312 g/mol. The molecule has 21 heavy (non-hydrogen) atoms. The summed E-state index contributed by atoms with van der Waals surface area (Å²) in [6.07, 6.45) is 0.875. The maximum absolute atomic E-state index is 12.3. The molecule has 1 amide bonds. The number of amides is 1. The molecule has 0 atom stereocenters. The lowest BCUT2D eigenvalue weighted by atomic mass is 9.90. The van der Waals surface area contributed by atoms with Gasteiger partial charge < -0.3 is 20.5 Å². The second kappa shape index (κ2) is 6.43. The molecule has 0 bridgehead atoms. The Morgan fingerprint density at radius 3 is 2.67 bits per heavy atom. The Labute approximate surface area is 127 Å². The van der Waals surface area contributed by atoms with Crippen LogP contribution in [-0.4, -0.2) is 37.7 Å². The molecule has 2 rings (SSSR count). The van der Waals surface area contributed by atoms with Crippen molar-refractivity contribution in [3.8, 4) is 0 Å². The Morgan fingerprint density at radius 1 is 1.38 bits per heavy atom. The number of rotatable bonds is 3. The molecular weight excluding hydrogens is 296 g/mol.